The summed E-state index contributed by atoms with van der Waals surface area (Å²) in [6.07, 6.45) is 2.96. The number of nitrogens with zero attached hydrogens (tertiary/aromatic N) is 5. The first-order valence-corrected chi connectivity index (χ1v) is 14.3. The molecule has 0 unspecified atom stereocenters. The molecule has 212 valence electrons. The van der Waals surface area contributed by atoms with Gasteiger partial charge in [0.25, 0.3) is 5.56 Å². The lowest BCUT2D eigenvalue weighted by atomic mass is 10.0. The number of H-pyrrole nitrogens is 1. The Hall–Kier alpha value is -5.28. The normalized spacial score (nSPS) is 11.3. The van der Waals surface area contributed by atoms with Crippen molar-refractivity contribution in [2.75, 3.05) is 11.4 Å². The molecule has 5 rings (SSSR count). The minimum Gasteiger partial charge on any atom is -0.504 e. The summed E-state index contributed by atoms with van der Waals surface area (Å²) in [5, 5.41) is 25.4. The summed E-state index contributed by atoms with van der Waals surface area (Å²) in [7, 11) is -2.88. The number of rotatable bonds is 7. The van der Waals surface area contributed by atoms with Crippen molar-refractivity contribution in [1.82, 2.24) is 19.7 Å². The maximum atomic E-state index is 14.0. The molecule has 0 saturated carbocycles. The number of nitriles is 1. The van der Waals surface area contributed by atoms with Gasteiger partial charge in [-0.15, -0.1) is 0 Å². The predicted octanol–water partition coefficient (Wildman–Crippen LogP) is 4.85. The molecule has 0 atom stereocenters. The number of aromatic amines is 1. The van der Waals surface area contributed by atoms with E-state index >= 15 is 0 Å². The van der Waals surface area contributed by atoms with E-state index in [0.29, 0.717) is 33.6 Å². The Morgan fingerprint density at radius 3 is 2.52 bits per heavy atom. The molecule has 2 N–H and O–H groups in total. The van der Waals surface area contributed by atoms with Crippen LogP contribution < -0.4 is 10.5 Å². The molecule has 10 nitrogen and oxygen atoms in total. The molecule has 0 aliphatic heterocycles. The van der Waals surface area contributed by atoms with E-state index in [4.69, 9.17) is 0 Å². The second kappa shape index (κ2) is 10.9. The number of halogens is 1. The second-order valence-corrected chi connectivity index (χ2v) is 11.3. The van der Waals surface area contributed by atoms with Gasteiger partial charge in [-0.25, -0.2) is 13.4 Å². The molecule has 0 radical (unpaired) electrons. The Balaban J connectivity index is 1.71. The summed E-state index contributed by atoms with van der Waals surface area (Å²) in [6, 6.07) is 17.4. The zero-order valence-corrected chi connectivity index (χ0v) is 23.6. The minimum absolute atomic E-state index is 0.00368. The molecule has 2 aromatic carbocycles. The third-order valence-electron chi connectivity index (χ3n) is 6.85. The van der Waals surface area contributed by atoms with E-state index in [0.717, 1.165) is 0 Å². The number of aromatic hydroxyl groups is 1. The molecule has 0 fully saturated rings. The van der Waals surface area contributed by atoms with Crippen molar-refractivity contribution in [2.45, 2.75) is 23.6 Å². The van der Waals surface area contributed by atoms with Crippen LogP contribution in [0, 0.1) is 24.2 Å². The van der Waals surface area contributed by atoms with Crippen molar-refractivity contribution in [2.24, 2.45) is 7.05 Å². The van der Waals surface area contributed by atoms with E-state index in [-0.39, 0.29) is 22.8 Å². The fourth-order valence-electron chi connectivity index (χ4n) is 4.78. The van der Waals surface area contributed by atoms with Gasteiger partial charge in [0.05, 0.1) is 22.2 Å². The Morgan fingerprint density at radius 2 is 1.88 bits per heavy atom. The van der Waals surface area contributed by atoms with Gasteiger partial charge in [0.2, 0.25) is 15.8 Å². The zero-order valence-electron chi connectivity index (χ0n) is 22.8. The van der Waals surface area contributed by atoms with Gasteiger partial charge in [-0.3, -0.25) is 9.48 Å². The largest absolute Gasteiger partial charge is 0.504 e. The molecule has 0 bridgehead atoms. The first-order chi connectivity index (χ1) is 20.1. The lowest BCUT2D eigenvalue weighted by Gasteiger charge is -2.27. The first kappa shape index (κ1) is 28.3. The Bertz CT molecular complexity index is 2030. The van der Waals surface area contributed by atoms with Gasteiger partial charge < -0.3 is 15.0 Å². The average Bonchev–Trinajstić information content (AvgIpc) is 3.42. The van der Waals surface area contributed by atoms with Gasteiger partial charge in [-0.1, -0.05) is 18.2 Å². The predicted molar refractivity (Wildman–Crippen MR) is 155 cm³/mol. The number of sulfone groups is 1. The van der Waals surface area contributed by atoms with Crippen LogP contribution in [-0.4, -0.2) is 39.8 Å². The first-order valence-electron chi connectivity index (χ1n) is 12.8. The number of nitrogens with one attached hydrogen (secondary N) is 1. The van der Waals surface area contributed by atoms with Crippen LogP contribution >= 0.6 is 0 Å². The smallest absolute Gasteiger partial charge is 0.271 e. The highest BCUT2D eigenvalue weighted by atomic mass is 32.2. The third-order valence-corrected chi connectivity index (χ3v) is 8.66. The van der Waals surface area contributed by atoms with Crippen LogP contribution in [0.4, 0.5) is 15.8 Å². The Kier molecular flexibility index (Phi) is 7.36. The minimum atomic E-state index is -4.56. The van der Waals surface area contributed by atoms with Crippen LogP contribution in [0.3, 0.4) is 0 Å². The zero-order chi connectivity index (χ0) is 30.2. The molecule has 0 spiro atoms. The summed E-state index contributed by atoms with van der Waals surface area (Å²) in [5.41, 5.74) is 1.60. The molecule has 3 heterocycles. The Labute approximate surface area is 240 Å². The molecule has 12 heteroatoms. The monoisotopic (exact) mass is 584 g/mol. The van der Waals surface area contributed by atoms with Gasteiger partial charge in [-0.05, 0) is 67.4 Å². The molecular weight excluding hydrogens is 559 g/mol. The summed E-state index contributed by atoms with van der Waals surface area (Å²) in [6.45, 7) is 3.59. The van der Waals surface area contributed by atoms with Gasteiger partial charge in [0.1, 0.15) is 11.4 Å². The van der Waals surface area contributed by atoms with Crippen LogP contribution in [0.1, 0.15) is 18.1 Å². The van der Waals surface area contributed by atoms with E-state index in [2.05, 4.69) is 21.1 Å². The van der Waals surface area contributed by atoms with E-state index in [1.54, 1.807) is 68.4 Å². The molecular formula is C30H25FN6O4S. The van der Waals surface area contributed by atoms with Crippen molar-refractivity contribution >= 4 is 21.2 Å². The number of anilines is 2. The molecule has 42 heavy (non-hydrogen) atoms. The molecule has 5 aromatic rings. The summed E-state index contributed by atoms with van der Waals surface area (Å²) in [4.78, 5) is 20.1. The molecule has 0 aliphatic carbocycles. The summed E-state index contributed by atoms with van der Waals surface area (Å²) < 4.78 is 43.2. The summed E-state index contributed by atoms with van der Waals surface area (Å²) in [5.74, 6) is -1.40. The van der Waals surface area contributed by atoms with Crippen LogP contribution in [-0.2, 0) is 16.9 Å². The van der Waals surface area contributed by atoms with E-state index in [9.17, 15) is 28.0 Å². The van der Waals surface area contributed by atoms with Crippen LogP contribution in [0.5, 0.6) is 5.75 Å². The SMILES string of the molecule is CCN(c1cccc(C#N)c1)c1c(-c2ccn(C)n2)[nH]c(=O)c(S(=O)(=O)c2ccc(-c3ccnc(F)c3C)cc2)c1O. The number of benzene rings is 2. The lowest BCUT2D eigenvalue weighted by Crippen LogP contribution is -2.24. The van der Waals surface area contributed by atoms with Crippen molar-refractivity contribution in [3.05, 3.63) is 100 Å². The topological polar surface area (TPSA) is 145 Å². The molecule has 0 amide bonds. The summed E-state index contributed by atoms with van der Waals surface area (Å²) >= 11 is 0. The standard InChI is InChI=1S/C30H25FN6O4S/c1-4-37(21-7-5-6-19(16-21)17-32)26-25(24-13-15-36(3)35-24)34-30(39)28(27(26)38)42(40,41)22-10-8-20(9-11-22)23-12-14-33-29(31)18(23)2/h5-16H,4H2,1-3H3,(H2,34,38,39). The van der Waals surface area contributed by atoms with Gasteiger partial charge in [0, 0.05) is 37.2 Å². The Morgan fingerprint density at radius 1 is 1.14 bits per heavy atom. The quantitative estimate of drug-likeness (QED) is 0.258. The van der Waals surface area contributed by atoms with E-state index in [1.807, 2.05) is 0 Å². The number of hydrogen-bond donors (Lipinski definition) is 2. The third kappa shape index (κ3) is 4.90. The van der Waals surface area contributed by atoms with Crippen molar-refractivity contribution in [1.29, 1.82) is 5.26 Å². The number of aromatic nitrogens is 4. The maximum Gasteiger partial charge on any atom is 0.271 e. The molecule has 0 aliphatic rings. The van der Waals surface area contributed by atoms with Gasteiger partial charge in [0.15, 0.2) is 10.6 Å². The lowest BCUT2D eigenvalue weighted by molar-refractivity contribution is 0.456. The van der Waals surface area contributed by atoms with E-state index < -0.39 is 32.0 Å². The van der Waals surface area contributed by atoms with E-state index in [1.165, 1.54) is 35.1 Å². The van der Waals surface area contributed by atoms with Gasteiger partial charge in [-0.2, -0.15) is 14.8 Å². The number of hydrogen-bond acceptors (Lipinski definition) is 8. The van der Waals surface area contributed by atoms with Gasteiger partial charge >= 0.3 is 0 Å². The molecule has 0 saturated heterocycles. The number of pyridine rings is 2. The van der Waals surface area contributed by atoms with Crippen molar-refractivity contribution < 1.29 is 17.9 Å². The fourth-order valence-corrected chi connectivity index (χ4v) is 6.15. The van der Waals surface area contributed by atoms with Crippen molar-refractivity contribution in [3.8, 4) is 34.3 Å². The van der Waals surface area contributed by atoms with Crippen LogP contribution in [0.15, 0.2) is 87.6 Å². The highest BCUT2D eigenvalue weighted by Gasteiger charge is 2.32. The molecule has 3 aromatic heterocycles. The van der Waals surface area contributed by atoms with Crippen LogP contribution in [0.25, 0.3) is 22.5 Å². The highest BCUT2D eigenvalue weighted by Crippen LogP contribution is 2.43. The fraction of sp³-hybridized carbons (Fsp3) is 0.133. The number of aryl methyl sites for hydroxylation is 1. The average molecular weight is 585 g/mol. The maximum absolute atomic E-state index is 14.0. The second-order valence-electron chi connectivity index (χ2n) is 9.44. The van der Waals surface area contributed by atoms with Crippen LogP contribution in [0.2, 0.25) is 0 Å². The highest BCUT2D eigenvalue weighted by molar-refractivity contribution is 7.91. The van der Waals surface area contributed by atoms with Crippen molar-refractivity contribution in [3.63, 3.8) is 0 Å².